The van der Waals surface area contributed by atoms with Gasteiger partial charge in [-0.3, -0.25) is 4.90 Å². The molecule has 1 aromatic heterocycles. The summed E-state index contributed by atoms with van der Waals surface area (Å²) in [4.78, 5) is 14.0. The summed E-state index contributed by atoms with van der Waals surface area (Å²) < 4.78 is 0. The molecule has 21 heavy (non-hydrogen) atoms. The predicted molar refractivity (Wildman–Crippen MR) is 87.3 cm³/mol. The van der Waals surface area contributed by atoms with Crippen LogP contribution < -0.4 is 0 Å². The van der Waals surface area contributed by atoms with Crippen LogP contribution in [0.4, 0.5) is 0 Å². The maximum atomic E-state index is 10.5. The molecule has 1 aromatic carbocycles. The number of carbonyl (C=O) groups is 1. The van der Waals surface area contributed by atoms with Crippen LogP contribution in [0.1, 0.15) is 21.6 Å². The fourth-order valence-electron chi connectivity index (χ4n) is 2.18. The Bertz CT molecular complexity index is 646. The van der Waals surface area contributed by atoms with Gasteiger partial charge in [0.15, 0.2) is 0 Å². The van der Waals surface area contributed by atoms with Crippen LogP contribution in [0.2, 0.25) is 0 Å². The maximum absolute atomic E-state index is 10.5. The van der Waals surface area contributed by atoms with Crippen molar-refractivity contribution in [1.82, 2.24) is 4.90 Å². The van der Waals surface area contributed by atoms with E-state index >= 15 is 0 Å². The SMILES string of the molecule is Cc1cccc(CN(C)Cc2cc(C=CC(=O)O)cs2)c1. The zero-order valence-corrected chi connectivity index (χ0v) is 13.1. The Morgan fingerprint density at radius 1 is 1.33 bits per heavy atom. The van der Waals surface area contributed by atoms with Gasteiger partial charge in [-0.1, -0.05) is 29.8 Å². The fourth-order valence-corrected chi connectivity index (χ4v) is 3.11. The Labute approximate surface area is 129 Å². The average molecular weight is 301 g/mol. The number of thiophene rings is 1. The number of carboxylic acids is 1. The van der Waals surface area contributed by atoms with Crippen molar-refractivity contribution in [3.63, 3.8) is 0 Å². The molecule has 0 bridgehead atoms. The highest BCUT2D eigenvalue weighted by atomic mass is 32.1. The summed E-state index contributed by atoms with van der Waals surface area (Å²) in [6.07, 6.45) is 2.80. The highest BCUT2D eigenvalue weighted by molar-refractivity contribution is 7.10. The molecule has 0 radical (unpaired) electrons. The second-order valence-corrected chi connectivity index (χ2v) is 6.18. The molecule has 0 saturated carbocycles. The van der Waals surface area contributed by atoms with Crippen LogP contribution in [0.25, 0.3) is 6.08 Å². The van der Waals surface area contributed by atoms with E-state index in [4.69, 9.17) is 5.11 Å². The molecule has 0 amide bonds. The van der Waals surface area contributed by atoms with Crippen LogP contribution in [0.5, 0.6) is 0 Å². The number of aryl methyl sites for hydroxylation is 1. The number of benzene rings is 1. The zero-order chi connectivity index (χ0) is 15.2. The van der Waals surface area contributed by atoms with E-state index < -0.39 is 5.97 Å². The lowest BCUT2D eigenvalue weighted by molar-refractivity contribution is -0.131. The van der Waals surface area contributed by atoms with Crippen molar-refractivity contribution >= 4 is 23.4 Å². The molecule has 0 aliphatic rings. The van der Waals surface area contributed by atoms with Gasteiger partial charge in [0, 0.05) is 24.0 Å². The lowest BCUT2D eigenvalue weighted by Crippen LogP contribution is -2.16. The first-order chi connectivity index (χ1) is 10.0. The first-order valence-corrected chi connectivity index (χ1v) is 7.63. The molecule has 3 nitrogen and oxygen atoms in total. The van der Waals surface area contributed by atoms with Crippen molar-refractivity contribution in [1.29, 1.82) is 0 Å². The Morgan fingerprint density at radius 3 is 2.86 bits per heavy atom. The van der Waals surface area contributed by atoms with Crippen molar-refractivity contribution in [2.75, 3.05) is 7.05 Å². The van der Waals surface area contributed by atoms with Gasteiger partial charge in [-0.2, -0.15) is 0 Å². The van der Waals surface area contributed by atoms with Crippen LogP contribution in [0, 0.1) is 6.92 Å². The third-order valence-electron chi connectivity index (χ3n) is 3.05. The van der Waals surface area contributed by atoms with E-state index in [1.54, 1.807) is 17.4 Å². The topological polar surface area (TPSA) is 40.5 Å². The molecule has 0 aliphatic carbocycles. The molecule has 110 valence electrons. The lowest BCUT2D eigenvalue weighted by Gasteiger charge is -2.15. The van der Waals surface area contributed by atoms with E-state index in [1.165, 1.54) is 22.1 Å². The lowest BCUT2D eigenvalue weighted by atomic mass is 10.1. The monoisotopic (exact) mass is 301 g/mol. The van der Waals surface area contributed by atoms with Gasteiger partial charge < -0.3 is 5.11 Å². The molecule has 4 heteroatoms. The van der Waals surface area contributed by atoms with Crippen molar-refractivity contribution in [3.05, 3.63) is 63.4 Å². The number of nitrogens with zero attached hydrogens (tertiary/aromatic N) is 1. The second-order valence-electron chi connectivity index (χ2n) is 5.18. The van der Waals surface area contributed by atoms with Crippen LogP contribution in [0.15, 0.2) is 41.8 Å². The molecule has 2 rings (SSSR count). The van der Waals surface area contributed by atoms with E-state index in [-0.39, 0.29) is 0 Å². The Hall–Kier alpha value is -1.91. The van der Waals surface area contributed by atoms with Crippen molar-refractivity contribution in [3.8, 4) is 0 Å². The minimum atomic E-state index is -0.917. The van der Waals surface area contributed by atoms with Crippen LogP contribution >= 0.6 is 11.3 Å². The summed E-state index contributed by atoms with van der Waals surface area (Å²) in [6, 6.07) is 10.6. The molecular weight excluding hydrogens is 282 g/mol. The number of rotatable bonds is 6. The summed E-state index contributed by atoms with van der Waals surface area (Å²) in [6.45, 7) is 3.86. The van der Waals surface area contributed by atoms with E-state index in [1.807, 2.05) is 11.4 Å². The van der Waals surface area contributed by atoms with Gasteiger partial charge in [0.25, 0.3) is 0 Å². The third kappa shape index (κ3) is 5.17. The van der Waals surface area contributed by atoms with Gasteiger partial charge in [0.05, 0.1) is 0 Å². The normalized spacial score (nSPS) is 11.4. The van der Waals surface area contributed by atoms with Gasteiger partial charge >= 0.3 is 5.97 Å². The van der Waals surface area contributed by atoms with Crippen molar-refractivity contribution < 1.29 is 9.90 Å². The van der Waals surface area contributed by atoms with Gasteiger partial charge in [0.1, 0.15) is 0 Å². The van der Waals surface area contributed by atoms with Crippen molar-refractivity contribution in [2.24, 2.45) is 0 Å². The summed E-state index contributed by atoms with van der Waals surface area (Å²) in [5, 5.41) is 10.6. The minimum Gasteiger partial charge on any atom is -0.478 e. The molecule has 1 N–H and O–H groups in total. The summed E-state index contributed by atoms with van der Waals surface area (Å²) in [5.41, 5.74) is 3.53. The van der Waals surface area contributed by atoms with E-state index in [0.29, 0.717) is 0 Å². The number of hydrogen-bond donors (Lipinski definition) is 1. The summed E-state index contributed by atoms with van der Waals surface area (Å²) in [7, 11) is 2.09. The number of aliphatic carboxylic acids is 1. The largest absolute Gasteiger partial charge is 0.478 e. The average Bonchev–Trinajstić information content (AvgIpc) is 2.83. The minimum absolute atomic E-state index is 0.861. The zero-order valence-electron chi connectivity index (χ0n) is 12.2. The second kappa shape index (κ2) is 7.20. The Kier molecular flexibility index (Phi) is 5.31. The number of hydrogen-bond acceptors (Lipinski definition) is 3. The van der Waals surface area contributed by atoms with Gasteiger partial charge in [0.2, 0.25) is 0 Å². The first kappa shape index (κ1) is 15.5. The summed E-state index contributed by atoms with van der Waals surface area (Å²) in [5.74, 6) is -0.917. The van der Waals surface area contributed by atoms with Gasteiger partial charge in [-0.25, -0.2) is 4.79 Å². The standard InChI is InChI=1S/C17H19NO2S/c1-13-4-3-5-14(8-13)10-18(2)11-16-9-15(12-21-16)6-7-17(19)20/h3-9,12H,10-11H2,1-2H3,(H,19,20). The predicted octanol–water partition coefficient (Wildman–Crippen LogP) is 3.79. The Morgan fingerprint density at radius 2 is 2.14 bits per heavy atom. The van der Waals surface area contributed by atoms with E-state index in [0.717, 1.165) is 18.7 Å². The first-order valence-electron chi connectivity index (χ1n) is 6.75. The molecule has 0 saturated heterocycles. The van der Waals surface area contributed by atoms with Gasteiger partial charge in [-0.15, -0.1) is 11.3 Å². The molecule has 0 aliphatic heterocycles. The third-order valence-corrected chi connectivity index (χ3v) is 3.99. The quantitative estimate of drug-likeness (QED) is 0.825. The van der Waals surface area contributed by atoms with Crippen LogP contribution in [0.3, 0.4) is 0 Å². The molecule has 0 unspecified atom stereocenters. The molecule has 2 aromatic rings. The molecule has 0 atom stereocenters. The number of carboxylic acid groups (broad SMARTS) is 1. The smallest absolute Gasteiger partial charge is 0.328 e. The van der Waals surface area contributed by atoms with Crippen LogP contribution in [-0.4, -0.2) is 23.0 Å². The summed E-state index contributed by atoms with van der Waals surface area (Å²) >= 11 is 1.66. The molecule has 0 spiro atoms. The highest BCUT2D eigenvalue weighted by Gasteiger charge is 2.04. The van der Waals surface area contributed by atoms with E-state index in [2.05, 4.69) is 43.1 Å². The van der Waals surface area contributed by atoms with E-state index in [9.17, 15) is 4.79 Å². The maximum Gasteiger partial charge on any atom is 0.328 e. The van der Waals surface area contributed by atoms with Gasteiger partial charge in [-0.05, 0) is 42.6 Å². The molecule has 0 fully saturated rings. The van der Waals surface area contributed by atoms with Crippen molar-refractivity contribution in [2.45, 2.75) is 20.0 Å². The highest BCUT2D eigenvalue weighted by Crippen LogP contribution is 2.18. The Balaban J connectivity index is 1.93. The fraction of sp³-hybridized carbons (Fsp3) is 0.235. The molecular formula is C17H19NO2S. The molecule has 1 heterocycles. The van der Waals surface area contributed by atoms with Crippen LogP contribution in [-0.2, 0) is 17.9 Å².